The molecule has 1 aromatic heterocycles. The fraction of sp³-hybridized carbons (Fsp3) is 0.375. The van der Waals surface area contributed by atoms with Gasteiger partial charge in [-0.2, -0.15) is 0 Å². The third-order valence-electron chi connectivity index (χ3n) is 6.54. The summed E-state index contributed by atoms with van der Waals surface area (Å²) in [6.45, 7) is 3.21. The molecule has 1 fully saturated rings. The quantitative estimate of drug-likeness (QED) is 0.583. The summed E-state index contributed by atoms with van der Waals surface area (Å²) in [5, 5.41) is 4.91. The van der Waals surface area contributed by atoms with Gasteiger partial charge in [0, 0.05) is 16.6 Å². The van der Waals surface area contributed by atoms with Gasteiger partial charge < -0.3 is 15.0 Å². The van der Waals surface area contributed by atoms with Gasteiger partial charge in [-0.25, -0.2) is 0 Å². The number of benzene rings is 2. The Morgan fingerprint density at radius 2 is 1.93 bits per heavy atom. The molecule has 1 aliphatic heterocycles. The summed E-state index contributed by atoms with van der Waals surface area (Å²) < 4.78 is 5.48. The molecule has 0 amide bonds. The number of fused-ring (bicyclic) bond motifs is 3. The van der Waals surface area contributed by atoms with Crippen LogP contribution in [0.15, 0.2) is 48.5 Å². The second kappa shape index (κ2) is 7.85. The minimum absolute atomic E-state index is 0. The molecule has 2 N–H and O–H groups in total. The summed E-state index contributed by atoms with van der Waals surface area (Å²) in [6, 6.07) is 17.1. The largest absolute Gasteiger partial charge is 0.466 e. The summed E-state index contributed by atoms with van der Waals surface area (Å²) in [5.41, 5.74) is 5.72. The summed E-state index contributed by atoms with van der Waals surface area (Å²) in [5.74, 6) is -0.0461. The fourth-order valence-corrected chi connectivity index (χ4v) is 4.95. The molecule has 0 saturated heterocycles. The first-order valence-electron chi connectivity index (χ1n) is 10.3. The van der Waals surface area contributed by atoms with Crippen molar-refractivity contribution in [1.82, 2.24) is 10.3 Å². The maximum atomic E-state index is 12.8. The van der Waals surface area contributed by atoms with E-state index in [9.17, 15) is 4.79 Å². The predicted octanol–water partition coefficient (Wildman–Crippen LogP) is 5.18. The molecule has 4 nitrogen and oxygen atoms in total. The number of rotatable bonds is 4. The number of H-pyrrole nitrogens is 1. The molecular weight excluding hydrogens is 384 g/mol. The highest BCUT2D eigenvalue weighted by Crippen LogP contribution is 2.53. The number of carbonyl (C=O) groups is 1. The fourth-order valence-electron chi connectivity index (χ4n) is 4.95. The number of hydrogen-bond acceptors (Lipinski definition) is 3. The average Bonchev–Trinajstić information content (AvgIpc) is 3.07. The molecular formula is C24H27ClN2O2. The normalized spacial score (nSPS) is 19.7. The first-order valence-corrected chi connectivity index (χ1v) is 10.3. The zero-order chi connectivity index (χ0) is 19.1. The Bertz CT molecular complexity index is 1020. The molecule has 0 radical (unpaired) electrons. The van der Waals surface area contributed by atoms with E-state index in [0.717, 1.165) is 37.7 Å². The smallest absolute Gasteiger partial charge is 0.314 e. The predicted molar refractivity (Wildman–Crippen MR) is 118 cm³/mol. The van der Waals surface area contributed by atoms with Gasteiger partial charge in [-0.15, -0.1) is 12.4 Å². The maximum absolute atomic E-state index is 12.8. The summed E-state index contributed by atoms with van der Waals surface area (Å²) >= 11 is 0. The second-order valence-electron chi connectivity index (χ2n) is 8.01. The molecule has 29 heavy (non-hydrogen) atoms. The maximum Gasteiger partial charge on any atom is 0.314 e. The number of halogens is 1. The Balaban J connectivity index is 0.00000205. The number of nitrogens with one attached hydrogen (secondary N) is 2. The van der Waals surface area contributed by atoms with Crippen LogP contribution in [0.3, 0.4) is 0 Å². The van der Waals surface area contributed by atoms with E-state index >= 15 is 0 Å². The van der Waals surface area contributed by atoms with Crippen molar-refractivity contribution in [2.45, 2.75) is 38.6 Å². The minimum atomic E-state index is -0.422. The third kappa shape index (κ3) is 3.15. The first-order chi connectivity index (χ1) is 13.7. The van der Waals surface area contributed by atoms with Gasteiger partial charge in [0.25, 0.3) is 0 Å². The van der Waals surface area contributed by atoms with Crippen molar-refractivity contribution in [2.75, 3.05) is 13.2 Å². The van der Waals surface area contributed by atoms with Gasteiger partial charge in [0.1, 0.15) is 0 Å². The molecule has 2 aromatic carbocycles. The molecule has 1 atom stereocenters. The molecule has 5 rings (SSSR count). The van der Waals surface area contributed by atoms with E-state index in [4.69, 9.17) is 4.74 Å². The van der Waals surface area contributed by atoms with Gasteiger partial charge in [-0.3, -0.25) is 4.79 Å². The van der Waals surface area contributed by atoms with Crippen LogP contribution in [-0.2, 0) is 16.0 Å². The molecule has 1 aliphatic carbocycles. The molecule has 1 unspecified atom stereocenters. The lowest BCUT2D eigenvalue weighted by molar-refractivity contribution is -0.164. The lowest BCUT2D eigenvalue weighted by atomic mass is 9.62. The van der Waals surface area contributed by atoms with Crippen molar-refractivity contribution in [1.29, 1.82) is 0 Å². The van der Waals surface area contributed by atoms with E-state index in [0.29, 0.717) is 6.61 Å². The molecule has 1 saturated carbocycles. The molecule has 5 heteroatoms. The number of aromatic amines is 1. The number of hydrogen-bond donors (Lipinski definition) is 2. The zero-order valence-electron chi connectivity index (χ0n) is 16.7. The van der Waals surface area contributed by atoms with Crippen molar-refractivity contribution < 1.29 is 9.53 Å². The van der Waals surface area contributed by atoms with Crippen LogP contribution in [-0.4, -0.2) is 24.1 Å². The van der Waals surface area contributed by atoms with E-state index in [1.807, 2.05) is 13.0 Å². The van der Waals surface area contributed by atoms with Crippen molar-refractivity contribution >= 4 is 29.3 Å². The van der Waals surface area contributed by atoms with E-state index in [-0.39, 0.29) is 24.4 Å². The highest BCUT2D eigenvalue weighted by Gasteiger charge is 2.53. The van der Waals surface area contributed by atoms with Crippen LogP contribution in [0.2, 0.25) is 0 Å². The van der Waals surface area contributed by atoms with E-state index in [1.165, 1.54) is 27.8 Å². The lowest BCUT2D eigenvalue weighted by Gasteiger charge is -2.46. The molecule has 0 bridgehead atoms. The average molecular weight is 411 g/mol. The van der Waals surface area contributed by atoms with Gasteiger partial charge in [0.15, 0.2) is 0 Å². The molecule has 152 valence electrons. The van der Waals surface area contributed by atoms with Crippen LogP contribution < -0.4 is 5.32 Å². The zero-order valence-corrected chi connectivity index (χ0v) is 17.5. The van der Waals surface area contributed by atoms with Crippen LogP contribution in [0, 0.1) is 5.41 Å². The highest BCUT2D eigenvalue weighted by atomic mass is 35.5. The second-order valence-corrected chi connectivity index (χ2v) is 8.01. The monoisotopic (exact) mass is 410 g/mol. The van der Waals surface area contributed by atoms with E-state index in [1.54, 1.807) is 0 Å². The van der Waals surface area contributed by atoms with Crippen molar-refractivity contribution in [3.8, 4) is 11.1 Å². The van der Waals surface area contributed by atoms with Crippen molar-refractivity contribution in [3.05, 3.63) is 59.8 Å². The third-order valence-corrected chi connectivity index (χ3v) is 6.54. The van der Waals surface area contributed by atoms with Crippen LogP contribution in [0.4, 0.5) is 0 Å². The van der Waals surface area contributed by atoms with Gasteiger partial charge in [0.2, 0.25) is 0 Å². The van der Waals surface area contributed by atoms with E-state index in [2.05, 4.69) is 52.8 Å². The summed E-state index contributed by atoms with van der Waals surface area (Å²) in [7, 11) is 0. The SMILES string of the molecule is CCOC(=O)C1(C2NCCc3c2[nH]c2ccc(-c4ccccc4)cc32)CCC1.Cl. The summed E-state index contributed by atoms with van der Waals surface area (Å²) in [6.07, 6.45) is 3.86. The molecule has 2 heterocycles. The number of carbonyl (C=O) groups excluding carboxylic acids is 1. The summed E-state index contributed by atoms with van der Waals surface area (Å²) in [4.78, 5) is 16.5. The number of esters is 1. The lowest BCUT2D eigenvalue weighted by Crippen LogP contribution is -2.51. The Kier molecular flexibility index (Phi) is 5.41. The standard InChI is InChI=1S/C24H26N2O2.ClH/c1-2-28-23(27)24(12-6-13-24)22-21-18(11-14-25-22)19-15-17(9-10-20(19)26-21)16-7-4-3-5-8-16;/h3-5,7-10,15,22,25-26H,2,6,11-14H2,1H3;1H. The number of aromatic nitrogens is 1. The van der Waals surface area contributed by atoms with Gasteiger partial charge in [0.05, 0.1) is 18.1 Å². The Morgan fingerprint density at radius 3 is 2.62 bits per heavy atom. The van der Waals surface area contributed by atoms with Gasteiger partial charge in [-0.05, 0) is 61.6 Å². The first kappa shape index (κ1) is 20.0. The Labute approximate surface area is 177 Å². The highest BCUT2D eigenvalue weighted by molar-refractivity contribution is 5.90. The van der Waals surface area contributed by atoms with Gasteiger partial charge in [-0.1, -0.05) is 42.8 Å². The molecule has 0 spiro atoms. The van der Waals surface area contributed by atoms with Crippen molar-refractivity contribution in [3.63, 3.8) is 0 Å². The number of ether oxygens (including phenoxy) is 1. The molecule has 3 aromatic rings. The van der Waals surface area contributed by atoms with Crippen LogP contribution >= 0.6 is 12.4 Å². The minimum Gasteiger partial charge on any atom is -0.466 e. The topological polar surface area (TPSA) is 54.1 Å². The van der Waals surface area contributed by atoms with Crippen LogP contribution in [0.1, 0.15) is 43.5 Å². The van der Waals surface area contributed by atoms with E-state index < -0.39 is 5.41 Å². The van der Waals surface area contributed by atoms with Crippen LogP contribution in [0.5, 0.6) is 0 Å². The Morgan fingerprint density at radius 1 is 1.14 bits per heavy atom. The molecule has 2 aliphatic rings. The Hall–Kier alpha value is -2.30. The van der Waals surface area contributed by atoms with Crippen LogP contribution in [0.25, 0.3) is 22.0 Å². The van der Waals surface area contributed by atoms with Crippen molar-refractivity contribution in [2.24, 2.45) is 5.41 Å². The van der Waals surface area contributed by atoms with Gasteiger partial charge >= 0.3 is 5.97 Å².